The van der Waals surface area contributed by atoms with Gasteiger partial charge < -0.3 is 4.74 Å². The lowest BCUT2D eigenvalue weighted by Gasteiger charge is -2.12. The van der Waals surface area contributed by atoms with E-state index in [4.69, 9.17) is 4.74 Å². The summed E-state index contributed by atoms with van der Waals surface area (Å²) in [4.78, 5) is 18.3. The van der Waals surface area contributed by atoms with Crippen molar-refractivity contribution in [3.63, 3.8) is 0 Å². The molecule has 0 N–H and O–H groups in total. The summed E-state index contributed by atoms with van der Waals surface area (Å²) in [6.07, 6.45) is 0. The van der Waals surface area contributed by atoms with Gasteiger partial charge in [0.05, 0.1) is 23.9 Å². The van der Waals surface area contributed by atoms with Crippen LogP contribution in [0.15, 0.2) is 48.5 Å². The van der Waals surface area contributed by atoms with Crippen LogP contribution in [0.25, 0.3) is 22.3 Å². The molecule has 2 heterocycles. The van der Waals surface area contributed by atoms with Gasteiger partial charge >= 0.3 is 5.97 Å². The average Bonchev–Trinajstić information content (AvgIpc) is 3.17. The summed E-state index contributed by atoms with van der Waals surface area (Å²) in [7, 11) is 1.33. The maximum atomic E-state index is 13.1. The number of hydrogen-bond acceptors (Lipinski definition) is 6. The van der Waals surface area contributed by atoms with Gasteiger partial charge in [-0.1, -0.05) is 18.2 Å². The maximum absolute atomic E-state index is 13.1. The smallest absolute Gasteiger partial charge is 0.340 e. The minimum absolute atomic E-state index is 0.143. The Morgan fingerprint density at radius 2 is 1.89 bits per heavy atom. The zero-order chi connectivity index (χ0) is 19.7. The number of methoxy groups -OCH3 is 1. The van der Waals surface area contributed by atoms with Crippen molar-refractivity contribution in [2.75, 3.05) is 7.11 Å². The zero-order valence-corrected chi connectivity index (χ0v) is 15.3. The first-order valence-electron chi connectivity index (χ1n) is 8.57. The minimum Gasteiger partial charge on any atom is -0.465 e. The lowest BCUT2D eigenvalue weighted by Crippen LogP contribution is -2.15. The van der Waals surface area contributed by atoms with Crippen LogP contribution in [-0.2, 0) is 11.3 Å². The van der Waals surface area contributed by atoms with Crippen LogP contribution in [0.2, 0.25) is 0 Å². The number of halogens is 1. The lowest BCUT2D eigenvalue weighted by atomic mass is 10.0. The largest absolute Gasteiger partial charge is 0.465 e. The second kappa shape index (κ2) is 7.15. The predicted octanol–water partition coefficient (Wildman–Crippen LogP) is 3.17. The first kappa shape index (κ1) is 17.7. The summed E-state index contributed by atoms with van der Waals surface area (Å²) in [6.45, 7) is 2.00. The van der Waals surface area contributed by atoms with Gasteiger partial charge in [-0.2, -0.15) is 4.80 Å². The molecule has 0 fully saturated rings. The van der Waals surface area contributed by atoms with Crippen molar-refractivity contribution in [3.8, 4) is 11.4 Å². The number of carbonyl (C=O) groups is 1. The number of pyridine rings is 1. The van der Waals surface area contributed by atoms with Crippen LogP contribution in [0.1, 0.15) is 21.6 Å². The van der Waals surface area contributed by atoms with Crippen molar-refractivity contribution in [1.29, 1.82) is 0 Å². The van der Waals surface area contributed by atoms with E-state index in [-0.39, 0.29) is 12.4 Å². The average molecular weight is 377 g/mol. The fourth-order valence-electron chi connectivity index (χ4n) is 3.09. The molecule has 0 aliphatic carbocycles. The molecule has 0 saturated carbocycles. The number of benzene rings is 2. The van der Waals surface area contributed by atoms with Crippen molar-refractivity contribution in [1.82, 2.24) is 25.2 Å². The molecule has 0 unspecified atom stereocenters. The van der Waals surface area contributed by atoms with Crippen LogP contribution in [0.3, 0.4) is 0 Å². The Bertz CT molecular complexity index is 1170. The molecule has 0 aliphatic rings. The standard InChI is InChI=1S/C20H16FN5O2/c1-12-15-5-3-4-6-16(15)22-17(18(12)20(27)28-2)11-26-24-19(23-25-26)13-7-9-14(21)10-8-13/h3-10H,11H2,1-2H3. The molecule has 0 aliphatic heterocycles. The first-order chi connectivity index (χ1) is 13.6. The fraction of sp³-hybridized carbons (Fsp3) is 0.150. The monoisotopic (exact) mass is 377 g/mol. The Hall–Kier alpha value is -3.68. The van der Waals surface area contributed by atoms with Gasteiger partial charge in [-0.05, 0) is 48.0 Å². The number of esters is 1. The van der Waals surface area contributed by atoms with Crippen LogP contribution in [0.4, 0.5) is 4.39 Å². The van der Waals surface area contributed by atoms with Gasteiger partial charge in [-0.15, -0.1) is 10.2 Å². The van der Waals surface area contributed by atoms with Crippen LogP contribution in [0.5, 0.6) is 0 Å². The van der Waals surface area contributed by atoms with Crippen LogP contribution in [-0.4, -0.2) is 38.3 Å². The zero-order valence-electron chi connectivity index (χ0n) is 15.3. The van der Waals surface area contributed by atoms with Crippen LogP contribution < -0.4 is 0 Å². The molecule has 28 heavy (non-hydrogen) atoms. The van der Waals surface area contributed by atoms with E-state index >= 15 is 0 Å². The van der Waals surface area contributed by atoms with Crippen LogP contribution in [0, 0.1) is 12.7 Å². The second-order valence-corrected chi connectivity index (χ2v) is 6.22. The number of para-hydroxylation sites is 1. The minimum atomic E-state index is -0.468. The highest BCUT2D eigenvalue weighted by Crippen LogP contribution is 2.24. The van der Waals surface area contributed by atoms with Crippen molar-refractivity contribution in [2.45, 2.75) is 13.5 Å². The molecule has 8 heteroatoms. The summed E-state index contributed by atoms with van der Waals surface area (Å²) in [6, 6.07) is 13.4. The molecule has 140 valence electrons. The molecular weight excluding hydrogens is 361 g/mol. The number of fused-ring (bicyclic) bond motifs is 1. The molecule has 0 spiro atoms. The first-order valence-corrected chi connectivity index (χ1v) is 8.57. The topological polar surface area (TPSA) is 82.8 Å². The predicted molar refractivity (Wildman–Crippen MR) is 100 cm³/mol. The SMILES string of the molecule is COC(=O)c1c(Cn2nnc(-c3ccc(F)cc3)n2)nc2ccccc2c1C. The molecule has 4 rings (SSSR count). The second-order valence-electron chi connectivity index (χ2n) is 6.22. The summed E-state index contributed by atoms with van der Waals surface area (Å²) < 4.78 is 18.1. The van der Waals surface area contributed by atoms with E-state index in [0.717, 1.165) is 16.5 Å². The molecule has 0 amide bonds. The number of carbonyl (C=O) groups excluding carboxylic acids is 1. The van der Waals surface area contributed by atoms with Crippen LogP contribution >= 0.6 is 0 Å². The van der Waals surface area contributed by atoms with Crippen molar-refractivity contribution >= 4 is 16.9 Å². The summed E-state index contributed by atoms with van der Waals surface area (Å²) >= 11 is 0. The van der Waals surface area contributed by atoms with E-state index in [0.29, 0.717) is 22.6 Å². The summed E-state index contributed by atoms with van der Waals surface area (Å²) in [5, 5.41) is 13.2. The molecule has 0 bridgehead atoms. The van der Waals surface area contributed by atoms with Gasteiger partial charge in [-0.25, -0.2) is 14.2 Å². The molecule has 4 aromatic rings. The molecule has 2 aromatic carbocycles. The third-order valence-corrected chi connectivity index (χ3v) is 4.46. The van der Waals surface area contributed by atoms with E-state index in [9.17, 15) is 9.18 Å². The Morgan fingerprint density at radius 3 is 2.64 bits per heavy atom. The van der Waals surface area contributed by atoms with Gasteiger partial charge in [0.25, 0.3) is 0 Å². The number of aromatic nitrogens is 5. The Kier molecular flexibility index (Phi) is 4.52. The molecule has 7 nitrogen and oxygen atoms in total. The number of nitrogens with zero attached hydrogens (tertiary/aromatic N) is 5. The number of tetrazole rings is 1. The highest BCUT2D eigenvalue weighted by molar-refractivity contribution is 5.98. The molecule has 0 atom stereocenters. The highest BCUT2D eigenvalue weighted by Gasteiger charge is 2.20. The quantitative estimate of drug-likeness (QED) is 0.508. The highest BCUT2D eigenvalue weighted by atomic mass is 19.1. The number of aryl methyl sites for hydroxylation is 1. The van der Waals surface area contributed by atoms with E-state index in [1.54, 1.807) is 12.1 Å². The number of rotatable bonds is 4. The van der Waals surface area contributed by atoms with Crippen molar-refractivity contribution in [2.24, 2.45) is 0 Å². The molecule has 2 aromatic heterocycles. The normalized spacial score (nSPS) is 11.0. The van der Waals surface area contributed by atoms with E-state index < -0.39 is 5.97 Å². The van der Waals surface area contributed by atoms with Gasteiger partial charge in [0.2, 0.25) is 5.82 Å². The van der Waals surface area contributed by atoms with Gasteiger partial charge in [0.1, 0.15) is 12.4 Å². The molecular formula is C20H16FN5O2. The Balaban J connectivity index is 1.75. The summed E-state index contributed by atoms with van der Waals surface area (Å²) in [5.41, 5.74) is 3.07. The molecule has 0 saturated heterocycles. The number of hydrogen-bond donors (Lipinski definition) is 0. The fourth-order valence-corrected chi connectivity index (χ4v) is 3.09. The Morgan fingerprint density at radius 1 is 1.14 bits per heavy atom. The third kappa shape index (κ3) is 3.20. The number of ether oxygens (including phenoxy) is 1. The van der Waals surface area contributed by atoms with Gasteiger partial charge in [-0.3, -0.25) is 0 Å². The maximum Gasteiger partial charge on any atom is 0.340 e. The lowest BCUT2D eigenvalue weighted by molar-refractivity contribution is 0.0598. The Labute approximate surface area is 159 Å². The summed E-state index contributed by atoms with van der Waals surface area (Å²) in [5.74, 6) is -0.448. The molecule has 0 radical (unpaired) electrons. The van der Waals surface area contributed by atoms with E-state index in [1.165, 1.54) is 24.0 Å². The van der Waals surface area contributed by atoms with E-state index in [2.05, 4.69) is 20.4 Å². The van der Waals surface area contributed by atoms with Gasteiger partial charge in [0.15, 0.2) is 0 Å². The third-order valence-electron chi connectivity index (χ3n) is 4.46. The van der Waals surface area contributed by atoms with E-state index in [1.807, 2.05) is 31.2 Å². The van der Waals surface area contributed by atoms with Crippen molar-refractivity contribution in [3.05, 3.63) is 71.2 Å². The van der Waals surface area contributed by atoms with Crippen molar-refractivity contribution < 1.29 is 13.9 Å². The van der Waals surface area contributed by atoms with Gasteiger partial charge in [0, 0.05) is 10.9 Å².